The van der Waals surface area contributed by atoms with Crippen LogP contribution < -0.4 is 14.8 Å². The van der Waals surface area contributed by atoms with Crippen molar-refractivity contribution in [3.05, 3.63) is 23.8 Å². The molecule has 1 aromatic carbocycles. The average molecular weight is 280 g/mol. The van der Waals surface area contributed by atoms with Crippen molar-refractivity contribution in [2.75, 3.05) is 27.8 Å². The smallest absolute Gasteiger partial charge is 0.169 e. The summed E-state index contributed by atoms with van der Waals surface area (Å²) in [6.07, 6.45) is 2.21. The van der Waals surface area contributed by atoms with E-state index in [2.05, 4.69) is 10.2 Å². The van der Waals surface area contributed by atoms with E-state index in [-0.39, 0.29) is 6.04 Å². The molecule has 19 heavy (non-hydrogen) atoms. The average Bonchev–Trinajstić information content (AvgIpc) is 2.94. The number of hydrogen-bond acceptors (Lipinski definition) is 3. The van der Waals surface area contributed by atoms with Crippen LogP contribution in [0.4, 0.5) is 0 Å². The van der Waals surface area contributed by atoms with Crippen LogP contribution in [0.1, 0.15) is 24.4 Å². The van der Waals surface area contributed by atoms with Crippen LogP contribution in [-0.4, -0.2) is 37.8 Å². The molecule has 4 nitrogen and oxygen atoms in total. The van der Waals surface area contributed by atoms with Gasteiger partial charge in [-0.25, -0.2) is 0 Å². The predicted octanol–water partition coefficient (Wildman–Crippen LogP) is 2.35. The van der Waals surface area contributed by atoms with Crippen molar-refractivity contribution in [3.8, 4) is 11.5 Å². The van der Waals surface area contributed by atoms with E-state index in [1.807, 2.05) is 25.2 Å². The maximum atomic E-state index is 5.47. The predicted molar refractivity (Wildman–Crippen MR) is 79.9 cm³/mol. The minimum atomic E-state index is 0.255. The van der Waals surface area contributed by atoms with E-state index in [0.29, 0.717) is 0 Å². The molecule has 0 spiro atoms. The molecule has 0 bridgehead atoms. The Hall–Kier alpha value is -1.49. The van der Waals surface area contributed by atoms with Gasteiger partial charge in [0.1, 0.15) is 11.5 Å². The summed E-state index contributed by atoms with van der Waals surface area (Å²) in [5.74, 6) is 1.73. The Morgan fingerprint density at radius 1 is 1.37 bits per heavy atom. The quantitative estimate of drug-likeness (QED) is 0.860. The third kappa shape index (κ3) is 2.76. The number of hydrogen-bond donors (Lipinski definition) is 1. The third-order valence-corrected chi connectivity index (χ3v) is 3.96. The van der Waals surface area contributed by atoms with Crippen LogP contribution in [0.15, 0.2) is 18.2 Å². The Morgan fingerprint density at radius 3 is 2.79 bits per heavy atom. The van der Waals surface area contributed by atoms with Crippen molar-refractivity contribution in [3.63, 3.8) is 0 Å². The van der Waals surface area contributed by atoms with Gasteiger partial charge in [0, 0.05) is 19.2 Å². The van der Waals surface area contributed by atoms with Crippen molar-refractivity contribution >= 4 is 17.3 Å². The molecule has 0 unspecified atom stereocenters. The lowest BCUT2D eigenvalue weighted by molar-refractivity contribution is 0.358. The van der Waals surface area contributed by atoms with E-state index in [0.717, 1.165) is 41.6 Å². The first-order chi connectivity index (χ1) is 9.21. The molecular formula is C14H20N2O2S. The molecule has 5 heteroatoms. The maximum absolute atomic E-state index is 5.47. The fourth-order valence-electron chi connectivity index (χ4n) is 2.58. The second-order valence-electron chi connectivity index (χ2n) is 4.51. The van der Waals surface area contributed by atoms with Gasteiger partial charge in [0.2, 0.25) is 0 Å². The van der Waals surface area contributed by atoms with Gasteiger partial charge in [-0.15, -0.1) is 0 Å². The van der Waals surface area contributed by atoms with Gasteiger partial charge in [-0.1, -0.05) is 0 Å². The molecule has 0 amide bonds. The summed E-state index contributed by atoms with van der Waals surface area (Å²) in [7, 11) is 5.23. The van der Waals surface area contributed by atoms with E-state index in [1.165, 1.54) is 0 Å². The Labute approximate surface area is 119 Å². The van der Waals surface area contributed by atoms with Crippen LogP contribution in [0.2, 0.25) is 0 Å². The lowest BCUT2D eigenvalue weighted by Crippen LogP contribution is -2.37. The minimum Gasteiger partial charge on any atom is -0.497 e. The zero-order valence-corrected chi connectivity index (χ0v) is 12.4. The highest BCUT2D eigenvalue weighted by molar-refractivity contribution is 7.80. The van der Waals surface area contributed by atoms with Crippen molar-refractivity contribution < 1.29 is 9.47 Å². The van der Waals surface area contributed by atoms with Gasteiger partial charge in [0.25, 0.3) is 0 Å². The van der Waals surface area contributed by atoms with E-state index in [4.69, 9.17) is 21.7 Å². The number of nitrogens with zero attached hydrogens (tertiary/aromatic N) is 1. The van der Waals surface area contributed by atoms with Gasteiger partial charge in [-0.3, -0.25) is 0 Å². The molecule has 0 aliphatic carbocycles. The molecule has 1 N–H and O–H groups in total. The lowest BCUT2D eigenvalue weighted by atomic mass is 10.0. The molecule has 1 atom stereocenters. The van der Waals surface area contributed by atoms with Crippen LogP contribution in [0.25, 0.3) is 0 Å². The van der Waals surface area contributed by atoms with Gasteiger partial charge in [0.05, 0.1) is 20.3 Å². The van der Waals surface area contributed by atoms with Crippen LogP contribution in [0.5, 0.6) is 11.5 Å². The molecule has 1 aromatic rings. The molecule has 1 saturated heterocycles. The summed E-state index contributed by atoms with van der Waals surface area (Å²) in [5, 5.41) is 3.84. The van der Waals surface area contributed by atoms with Crippen LogP contribution in [-0.2, 0) is 0 Å². The number of thiocarbonyl (C=S) groups is 1. The molecule has 0 saturated carbocycles. The SMILES string of the molecule is CNC(=S)N1CCC[C@H]1c1cc(OC)ccc1OC. The summed E-state index contributed by atoms with van der Waals surface area (Å²) in [4.78, 5) is 2.21. The van der Waals surface area contributed by atoms with Gasteiger partial charge in [-0.2, -0.15) is 0 Å². The highest BCUT2D eigenvalue weighted by Gasteiger charge is 2.30. The van der Waals surface area contributed by atoms with Crippen molar-refractivity contribution in [1.29, 1.82) is 0 Å². The maximum Gasteiger partial charge on any atom is 0.169 e. The first kappa shape index (κ1) is 13.9. The molecule has 104 valence electrons. The normalized spacial score (nSPS) is 18.3. The van der Waals surface area contributed by atoms with Crippen LogP contribution >= 0.6 is 12.2 Å². The van der Waals surface area contributed by atoms with Gasteiger partial charge in [0.15, 0.2) is 5.11 Å². The molecular weight excluding hydrogens is 260 g/mol. The Kier molecular flexibility index (Phi) is 4.47. The summed E-state index contributed by atoms with van der Waals surface area (Å²) in [5.41, 5.74) is 1.14. The number of methoxy groups -OCH3 is 2. The van der Waals surface area contributed by atoms with Crippen LogP contribution in [0.3, 0.4) is 0 Å². The summed E-state index contributed by atoms with van der Waals surface area (Å²) < 4.78 is 10.8. The van der Waals surface area contributed by atoms with Crippen molar-refractivity contribution in [2.24, 2.45) is 0 Å². The van der Waals surface area contributed by atoms with E-state index in [9.17, 15) is 0 Å². The molecule has 1 heterocycles. The summed E-state index contributed by atoms with van der Waals surface area (Å²) in [6.45, 7) is 0.977. The molecule has 1 aliphatic heterocycles. The van der Waals surface area contributed by atoms with E-state index in [1.54, 1.807) is 14.2 Å². The fourth-order valence-corrected chi connectivity index (χ4v) is 2.80. The number of benzene rings is 1. The first-order valence-electron chi connectivity index (χ1n) is 6.41. The zero-order chi connectivity index (χ0) is 13.8. The Morgan fingerprint density at radius 2 is 2.16 bits per heavy atom. The lowest BCUT2D eigenvalue weighted by Gasteiger charge is -2.28. The largest absolute Gasteiger partial charge is 0.497 e. The fraction of sp³-hybridized carbons (Fsp3) is 0.500. The highest BCUT2D eigenvalue weighted by atomic mass is 32.1. The monoisotopic (exact) mass is 280 g/mol. The molecule has 1 aliphatic rings. The Bertz CT molecular complexity index is 465. The second-order valence-corrected chi connectivity index (χ2v) is 4.90. The topological polar surface area (TPSA) is 33.7 Å². The number of nitrogens with one attached hydrogen (secondary N) is 1. The second kappa shape index (κ2) is 6.10. The number of rotatable bonds is 3. The van der Waals surface area contributed by atoms with E-state index < -0.39 is 0 Å². The van der Waals surface area contributed by atoms with Gasteiger partial charge < -0.3 is 19.7 Å². The molecule has 0 aromatic heterocycles. The van der Waals surface area contributed by atoms with Crippen molar-refractivity contribution in [1.82, 2.24) is 10.2 Å². The van der Waals surface area contributed by atoms with Gasteiger partial charge in [-0.05, 0) is 43.3 Å². The van der Waals surface area contributed by atoms with Crippen molar-refractivity contribution in [2.45, 2.75) is 18.9 Å². The number of likely N-dealkylation sites (tertiary alicyclic amines) is 1. The zero-order valence-electron chi connectivity index (χ0n) is 11.6. The Balaban J connectivity index is 2.36. The number of ether oxygens (including phenoxy) is 2. The van der Waals surface area contributed by atoms with E-state index >= 15 is 0 Å². The first-order valence-corrected chi connectivity index (χ1v) is 6.82. The summed E-state index contributed by atoms with van der Waals surface area (Å²) >= 11 is 5.38. The molecule has 2 rings (SSSR count). The summed E-state index contributed by atoms with van der Waals surface area (Å²) in [6, 6.07) is 6.16. The molecule has 0 radical (unpaired) electrons. The minimum absolute atomic E-state index is 0.255. The third-order valence-electron chi connectivity index (χ3n) is 3.52. The van der Waals surface area contributed by atoms with Gasteiger partial charge >= 0.3 is 0 Å². The molecule has 1 fully saturated rings. The van der Waals surface area contributed by atoms with Crippen LogP contribution in [0, 0.1) is 0 Å². The standard InChI is InChI=1S/C14H20N2O2S/c1-15-14(19)16-8-4-5-12(16)11-9-10(17-2)6-7-13(11)18-3/h6-7,9,12H,4-5,8H2,1-3H3,(H,15,19)/t12-/m0/s1. The highest BCUT2D eigenvalue weighted by Crippen LogP contribution is 2.38.